The Labute approximate surface area is 125 Å². The summed E-state index contributed by atoms with van der Waals surface area (Å²) in [5, 5.41) is 13.1. The van der Waals surface area contributed by atoms with Crippen molar-refractivity contribution >= 4 is 5.69 Å². The van der Waals surface area contributed by atoms with Crippen LogP contribution in [0.25, 0.3) is 0 Å². The molecule has 0 atom stereocenters. The second-order valence-electron chi connectivity index (χ2n) is 6.07. The standard InChI is InChI=1S/C16H24F2N2O/c1-3-6-19-11-12-9-13(17)15(14(18)10-12)20-7-4-16(2,21)5-8-20/h9-10,19,21H,3-8,11H2,1-2H3. The van der Waals surface area contributed by atoms with Crippen LogP contribution in [0.3, 0.4) is 0 Å². The first-order chi connectivity index (χ1) is 9.93. The Kier molecular flexibility index (Phi) is 5.17. The number of nitrogens with one attached hydrogen (secondary N) is 1. The fourth-order valence-electron chi connectivity index (χ4n) is 2.64. The van der Waals surface area contributed by atoms with Crippen LogP contribution in [0, 0.1) is 11.6 Å². The summed E-state index contributed by atoms with van der Waals surface area (Å²) in [5.41, 5.74) is -0.0797. The van der Waals surface area contributed by atoms with Gasteiger partial charge in [0.05, 0.1) is 5.60 Å². The number of rotatable bonds is 5. The molecule has 1 aromatic carbocycles. The molecule has 2 N–H and O–H groups in total. The molecule has 0 aliphatic carbocycles. The van der Waals surface area contributed by atoms with Gasteiger partial charge in [0.25, 0.3) is 0 Å². The largest absolute Gasteiger partial charge is 0.390 e. The lowest BCUT2D eigenvalue weighted by atomic mass is 9.93. The molecule has 0 amide bonds. The van der Waals surface area contributed by atoms with E-state index < -0.39 is 17.2 Å². The monoisotopic (exact) mass is 298 g/mol. The predicted molar refractivity (Wildman–Crippen MR) is 80.4 cm³/mol. The summed E-state index contributed by atoms with van der Waals surface area (Å²) in [6.45, 7) is 6.04. The lowest BCUT2D eigenvalue weighted by Gasteiger charge is -2.37. The fourth-order valence-corrected chi connectivity index (χ4v) is 2.64. The number of hydrogen-bond donors (Lipinski definition) is 2. The van der Waals surface area contributed by atoms with Crippen molar-refractivity contribution in [1.29, 1.82) is 0 Å². The van der Waals surface area contributed by atoms with Gasteiger partial charge in [-0.1, -0.05) is 6.92 Å². The molecule has 2 rings (SSSR count). The fraction of sp³-hybridized carbons (Fsp3) is 0.625. The summed E-state index contributed by atoms with van der Waals surface area (Å²) in [6, 6.07) is 2.79. The smallest absolute Gasteiger partial charge is 0.149 e. The van der Waals surface area contributed by atoms with E-state index in [1.807, 2.05) is 6.92 Å². The molecule has 3 nitrogen and oxygen atoms in total. The van der Waals surface area contributed by atoms with Gasteiger partial charge in [-0.3, -0.25) is 0 Å². The first-order valence-corrected chi connectivity index (χ1v) is 7.59. The molecule has 1 saturated heterocycles. The van der Waals surface area contributed by atoms with Crippen molar-refractivity contribution in [3.8, 4) is 0 Å². The molecular formula is C16H24F2N2O. The molecule has 0 radical (unpaired) electrons. The Morgan fingerprint density at radius 3 is 2.33 bits per heavy atom. The Bertz CT molecular complexity index is 458. The highest BCUT2D eigenvalue weighted by atomic mass is 19.1. The maximum absolute atomic E-state index is 14.2. The van der Waals surface area contributed by atoms with E-state index in [1.54, 1.807) is 11.8 Å². The van der Waals surface area contributed by atoms with Gasteiger partial charge in [0.1, 0.15) is 17.3 Å². The number of benzene rings is 1. The van der Waals surface area contributed by atoms with Crippen LogP contribution >= 0.6 is 0 Å². The zero-order chi connectivity index (χ0) is 15.5. The van der Waals surface area contributed by atoms with E-state index >= 15 is 0 Å². The van der Waals surface area contributed by atoms with Crippen molar-refractivity contribution in [2.45, 2.75) is 45.3 Å². The van der Waals surface area contributed by atoms with Gasteiger partial charge in [-0.15, -0.1) is 0 Å². The van der Waals surface area contributed by atoms with Crippen LogP contribution in [-0.2, 0) is 6.54 Å². The van der Waals surface area contributed by atoms with Crippen LogP contribution in [0.5, 0.6) is 0 Å². The Balaban J connectivity index is 2.10. The minimum absolute atomic E-state index is 0.0322. The summed E-state index contributed by atoms with van der Waals surface area (Å²) in [6.07, 6.45) is 2.02. The Morgan fingerprint density at radius 2 is 1.81 bits per heavy atom. The molecular weight excluding hydrogens is 274 g/mol. The Hall–Kier alpha value is -1.20. The third-order valence-electron chi connectivity index (χ3n) is 3.99. The van der Waals surface area contributed by atoms with Gasteiger partial charge in [-0.05, 0) is 50.4 Å². The molecule has 0 aromatic heterocycles. The maximum atomic E-state index is 14.2. The highest BCUT2D eigenvalue weighted by molar-refractivity contribution is 5.51. The lowest BCUT2D eigenvalue weighted by molar-refractivity contribution is 0.0349. The second-order valence-corrected chi connectivity index (χ2v) is 6.07. The highest BCUT2D eigenvalue weighted by Crippen LogP contribution is 2.30. The molecule has 0 bridgehead atoms. The van der Waals surface area contributed by atoms with Crippen molar-refractivity contribution < 1.29 is 13.9 Å². The third-order valence-corrected chi connectivity index (χ3v) is 3.99. The number of aliphatic hydroxyl groups is 1. The molecule has 1 aliphatic rings. The third kappa shape index (κ3) is 4.14. The van der Waals surface area contributed by atoms with Crippen LogP contribution in [-0.4, -0.2) is 30.3 Å². The topological polar surface area (TPSA) is 35.5 Å². The van der Waals surface area contributed by atoms with Gasteiger partial charge >= 0.3 is 0 Å². The van der Waals surface area contributed by atoms with E-state index in [2.05, 4.69) is 5.32 Å². The van der Waals surface area contributed by atoms with Gasteiger partial charge in [-0.2, -0.15) is 0 Å². The van der Waals surface area contributed by atoms with Gasteiger partial charge < -0.3 is 15.3 Å². The zero-order valence-corrected chi connectivity index (χ0v) is 12.8. The van der Waals surface area contributed by atoms with Gasteiger partial charge in [0.2, 0.25) is 0 Å². The van der Waals surface area contributed by atoms with E-state index in [0.717, 1.165) is 13.0 Å². The van der Waals surface area contributed by atoms with Gasteiger partial charge in [-0.25, -0.2) is 8.78 Å². The summed E-state index contributed by atoms with van der Waals surface area (Å²) >= 11 is 0. The van der Waals surface area contributed by atoms with Crippen LogP contribution < -0.4 is 10.2 Å². The van der Waals surface area contributed by atoms with E-state index in [1.165, 1.54) is 12.1 Å². The first-order valence-electron chi connectivity index (χ1n) is 7.59. The van der Waals surface area contributed by atoms with E-state index in [0.29, 0.717) is 38.0 Å². The van der Waals surface area contributed by atoms with Gasteiger partial charge in [0.15, 0.2) is 0 Å². The molecule has 118 valence electrons. The van der Waals surface area contributed by atoms with Crippen molar-refractivity contribution in [3.63, 3.8) is 0 Å². The molecule has 0 spiro atoms. The summed E-state index contributed by atoms with van der Waals surface area (Å²) in [5.74, 6) is -1.05. The molecule has 1 aliphatic heterocycles. The van der Waals surface area contributed by atoms with Crippen LogP contribution in [0.4, 0.5) is 14.5 Å². The minimum atomic E-state index is -0.729. The van der Waals surface area contributed by atoms with E-state index in [4.69, 9.17) is 0 Å². The highest BCUT2D eigenvalue weighted by Gasteiger charge is 2.29. The first kappa shape index (κ1) is 16.2. The average molecular weight is 298 g/mol. The minimum Gasteiger partial charge on any atom is -0.390 e. The Morgan fingerprint density at radius 1 is 1.24 bits per heavy atom. The number of piperidine rings is 1. The van der Waals surface area contributed by atoms with Crippen molar-refractivity contribution in [1.82, 2.24) is 5.32 Å². The van der Waals surface area contributed by atoms with Gasteiger partial charge in [0, 0.05) is 19.6 Å². The predicted octanol–water partition coefficient (Wildman–Crippen LogP) is 2.82. The zero-order valence-electron chi connectivity index (χ0n) is 12.8. The van der Waals surface area contributed by atoms with Crippen LogP contribution in [0.1, 0.15) is 38.7 Å². The van der Waals surface area contributed by atoms with Crippen molar-refractivity contribution in [2.75, 3.05) is 24.5 Å². The number of nitrogens with zero attached hydrogens (tertiary/aromatic N) is 1. The van der Waals surface area contributed by atoms with Crippen LogP contribution in [0.15, 0.2) is 12.1 Å². The molecule has 1 aromatic rings. The number of halogens is 2. The molecule has 1 heterocycles. The molecule has 1 fully saturated rings. The summed E-state index contributed by atoms with van der Waals surface area (Å²) in [7, 11) is 0. The van der Waals surface area contributed by atoms with Crippen LogP contribution in [0.2, 0.25) is 0 Å². The SMILES string of the molecule is CCCNCc1cc(F)c(N2CCC(C)(O)CC2)c(F)c1. The second kappa shape index (κ2) is 6.71. The van der Waals surface area contributed by atoms with E-state index in [-0.39, 0.29) is 5.69 Å². The molecule has 21 heavy (non-hydrogen) atoms. The lowest BCUT2D eigenvalue weighted by Crippen LogP contribution is -2.43. The molecule has 5 heteroatoms. The maximum Gasteiger partial charge on any atom is 0.149 e. The average Bonchev–Trinajstić information content (AvgIpc) is 2.40. The normalized spacial score (nSPS) is 18.0. The quantitative estimate of drug-likeness (QED) is 0.821. The number of anilines is 1. The number of hydrogen-bond acceptors (Lipinski definition) is 3. The van der Waals surface area contributed by atoms with E-state index in [9.17, 15) is 13.9 Å². The molecule has 0 unspecified atom stereocenters. The van der Waals surface area contributed by atoms with Crippen molar-refractivity contribution in [2.24, 2.45) is 0 Å². The molecule has 0 saturated carbocycles. The summed E-state index contributed by atoms with van der Waals surface area (Å²) in [4.78, 5) is 1.69. The van der Waals surface area contributed by atoms with Crippen molar-refractivity contribution in [3.05, 3.63) is 29.3 Å². The summed E-state index contributed by atoms with van der Waals surface area (Å²) < 4.78 is 28.5.